The van der Waals surface area contributed by atoms with Crippen molar-refractivity contribution in [1.82, 2.24) is 0 Å². The van der Waals surface area contributed by atoms with Crippen molar-refractivity contribution in [3.8, 4) is 0 Å². The Morgan fingerprint density at radius 2 is 1.80 bits per heavy atom. The molecule has 30 heavy (non-hydrogen) atoms. The molecule has 0 aromatic heterocycles. The molecule has 4 rings (SSSR count). The minimum atomic E-state index is 0.240. The summed E-state index contributed by atoms with van der Waals surface area (Å²) < 4.78 is 0. The molecule has 2 saturated carbocycles. The minimum absolute atomic E-state index is 0.240. The van der Waals surface area contributed by atoms with Crippen LogP contribution in [0.4, 0.5) is 0 Å². The van der Waals surface area contributed by atoms with Crippen molar-refractivity contribution in [2.45, 2.75) is 99.3 Å². The second-order valence-corrected chi connectivity index (χ2v) is 12.3. The predicted octanol–water partition coefficient (Wildman–Crippen LogP) is 8.01. The summed E-state index contributed by atoms with van der Waals surface area (Å²) in [5.41, 5.74) is 1.96. The largest absolute Gasteiger partial charge is 0.295 e. The van der Waals surface area contributed by atoms with E-state index in [0.717, 1.165) is 23.7 Å². The first kappa shape index (κ1) is 22.3. The minimum Gasteiger partial charge on any atom is -0.295 e. The molecule has 8 atom stereocenters. The van der Waals surface area contributed by atoms with E-state index < -0.39 is 0 Å². The van der Waals surface area contributed by atoms with E-state index in [9.17, 15) is 4.79 Å². The summed E-state index contributed by atoms with van der Waals surface area (Å²) in [5, 5.41) is 0. The maximum Gasteiger partial charge on any atom is 0.159 e. The molecule has 2 fully saturated rings. The molecule has 168 valence electrons. The summed E-state index contributed by atoms with van der Waals surface area (Å²) in [6, 6.07) is 0. The van der Waals surface area contributed by atoms with Gasteiger partial charge in [0, 0.05) is 5.92 Å². The van der Waals surface area contributed by atoms with Crippen LogP contribution in [-0.2, 0) is 4.79 Å². The van der Waals surface area contributed by atoms with Crippen molar-refractivity contribution in [2.75, 3.05) is 0 Å². The predicted molar refractivity (Wildman–Crippen MR) is 127 cm³/mol. The van der Waals surface area contributed by atoms with Gasteiger partial charge in [0.15, 0.2) is 5.78 Å². The number of fused-ring (bicyclic) bond motifs is 5. The van der Waals surface area contributed by atoms with Gasteiger partial charge in [-0.05, 0) is 103 Å². The third-order valence-corrected chi connectivity index (χ3v) is 10.7. The number of hydrogen-bond donors (Lipinski definition) is 0. The standard InChI is InChI=1S/C29H46O/c1-7-21(19(2)3)12-11-20(4)23-13-14-24-27-25(15-17-29(23,24)6)28(5)16-9-8-10-22(28)18-26(27)30/h8,10,18-21,23-25,27H,7,9,11-17H2,1-6H3/t20-,21?,23-,24+,25+,27+,28+,29-/m1/s1. The number of hydrogen-bond acceptors (Lipinski definition) is 1. The van der Waals surface area contributed by atoms with Gasteiger partial charge in [-0.3, -0.25) is 4.79 Å². The summed E-state index contributed by atoms with van der Waals surface area (Å²) in [4.78, 5) is 13.4. The Bertz CT molecular complexity index is 714. The number of carbonyl (C=O) groups excluding carboxylic acids is 1. The van der Waals surface area contributed by atoms with Gasteiger partial charge in [-0.15, -0.1) is 0 Å². The van der Waals surface area contributed by atoms with E-state index in [0.29, 0.717) is 29.0 Å². The molecule has 0 N–H and O–H groups in total. The zero-order valence-corrected chi connectivity index (χ0v) is 20.5. The molecular weight excluding hydrogens is 364 g/mol. The third kappa shape index (κ3) is 3.47. The molecule has 4 aliphatic rings. The van der Waals surface area contributed by atoms with Crippen LogP contribution in [0.25, 0.3) is 0 Å². The quantitative estimate of drug-likeness (QED) is 0.433. The summed E-state index contributed by atoms with van der Waals surface area (Å²) in [7, 11) is 0. The van der Waals surface area contributed by atoms with E-state index in [1.54, 1.807) is 0 Å². The highest BCUT2D eigenvalue weighted by Crippen LogP contribution is 2.66. The van der Waals surface area contributed by atoms with Crippen molar-refractivity contribution in [1.29, 1.82) is 0 Å². The Balaban J connectivity index is 1.53. The van der Waals surface area contributed by atoms with Gasteiger partial charge in [0.2, 0.25) is 0 Å². The summed E-state index contributed by atoms with van der Waals surface area (Å²) in [6.07, 6.45) is 18.3. The average Bonchev–Trinajstić information content (AvgIpc) is 3.05. The Hall–Kier alpha value is -0.850. The van der Waals surface area contributed by atoms with Crippen LogP contribution in [-0.4, -0.2) is 5.78 Å². The molecule has 0 radical (unpaired) electrons. The van der Waals surface area contributed by atoms with Crippen LogP contribution < -0.4 is 0 Å². The van der Waals surface area contributed by atoms with Gasteiger partial charge >= 0.3 is 0 Å². The fraction of sp³-hybridized carbons (Fsp3) is 0.828. The average molecular weight is 411 g/mol. The fourth-order valence-electron chi connectivity index (χ4n) is 8.70. The normalized spacial score (nSPS) is 42.4. The third-order valence-electron chi connectivity index (χ3n) is 10.7. The number of allylic oxidation sites excluding steroid dienone is 4. The maximum atomic E-state index is 13.4. The van der Waals surface area contributed by atoms with Crippen LogP contribution in [0, 0.1) is 52.3 Å². The van der Waals surface area contributed by atoms with Crippen molar-refractivity contribution in [3.63, 3.8) is 0 Å². The van der Waals surface area contributed by atoms with E-state index in [2.05, 4.69) is 59.8 Å². The molecule has 0 heterocycles. The van der Waals surface area contributed by atoms with E-state index in [4.69, 9.17) is 0 Å². The Morgan fingerprint density at radius 1 is 1.03 bits per heavy atom. The number of carbonyl (C=O) groups is 1. The van der Waals surface area contributed by atoms with Crippen LogP contribution >= 0.6 is 0 Å². The van der Waals surface area contributed by atoms with Crippen molar-refractivity contribution >= 4 is 5.78 Å². The molecule has 4 aliphatic carbocycles. The van der Waals surface area contributed by atoms with Crippen LogP contribution in [0.2, 0.25) is 0 Å². The van der Waals surface area contributed by atoms with E-state index in [1.807, 2.05) is 0 Å². The highest BCUT2D eigenvalue weighted by atomic mass is 16.1. The highest BCUT2D eigenvalue weighted by molar-refractivity contribution is 5.95. The smallest absolute Gasteiger partial charge is 0.159 e. The van der Waals surface area contributed by atoms with Gasteiger partial charge in [0.05, 0.1) is 0 Å². The highest BCUT2D eigenvalue weighted by Gasteiger charge is 2.60. The lowest BCUT2D eigenvalue weighted by molar-refractivity contribution is -0.133. The Kier molecular flexibility index (Phi) is 6.15. The first-order valence-electron chi connectivity index (χ1n) is 13.1. The summed E-state index contributed by atoms with van der Waals surface area (Å²) >= 11 is 0. The second-order valence-electron chi connectivity index (χ2n) is 12.3. The number of ketones is 1. The molecular formula is C29H46O. The van der Waals surface area contributed by atoms with Gasteiger partial charge < -0.3 is 0 Å². The zero-order chi connectivity index (χ0) is 21.7. The molecule has 0 aliphatic heterocycles. The first-order valence-corrected chi connectivity index (χ1v) is 13.1. The van der Waals surface area contributed by atoms with E-state index in [1.165, 1.54) is 63.4 Å². The lowest BCUT2D eigenvalue weighted by atomic mass is 9.47. The lowest BCUT2D eigenvalue weighted by Gasteiger charge is -2.56. The molecule has 0 saturated heterocycles. The number of rotatable bonds is 6. The SMILES string of the molecule is CCC(CC[C@@H](C)[C@H]1CC[C@H]2[C@@H]3C(=O)C=C4C=CCC[C@]4(C)[C@H]3CC[C@]12C)C(C)C. The summed E-state index contributed by atoms with van der Waals surface area (Å²) in [5.74, 6) is 5.23. The topological polar surface area (TPSA) is 17.1 Å². The van der Waals surface area contributed by atoms with Crippen molar-refractivity contribution in [3.05, 3.63) is 23.8 Å². The van der Waals surface area contributed by atoms with Crippen molar-refractivity contribution < 1.29 is 4.79 Å². The van der Waals surface area contributed by atoms with Gasteiger partial charge in [-0.1, -0.05) is 66.5 Å². The van der Waals surface area contributed by atoms with E-state index in [-0.39, 0.29) is 5.41 Å². The lowest BCUT2D eigenvalue weighted by Crippen LogP contribution is -2.52. The maximum absolute atomic E-state index is 13.4. The first-order chi connectivity index (χ1) is 14.2. The Labute approximate surface area is 186 Å². The monoisotopic (exact) mass is 410 g/mol. The van der Waals surface area contributed by atoms with Crippen LogP contribution in [0.5, 0.6) is 0 Å². The molecule has 0 aromatic rings. The van der Waals surface area contributed by atoms with Crippen LogP contribution in [0.15, 0.2) is 23.8 Å². The van der Waals surface area contributed by atoms with Gasteiger partial charge in [-0.2, -0.15) is 0 Å². The fourth-order valence-corrected chi connectivity index (χ4v) is 8.70. The zero-order valence-electron chi connectivity index (χ0n) is 20.5. The van der Waals surface area contributed by atoms with Crippen molar-refractivity contribution in [2.24, 2.45) is 52.3 Å². The van der Waals surface area contributed by atoms with Gasteiger partial charge in [0.25, 0.3) is 0 Å². The van der Waals surface area contributed by atoms with Gasteiger partial charge in [0.1, 0.15) is 0 Å². The molecule has 1 unspecified atom stereocenters. The Morgan fingerprint density at radius 3 is 2.50 bits per heavy atom. The molecule has 0 bridgehead atoms. The summed E-state index contributed by atoms with van der Waals surface area (Å²) in [6.45, 7) is 14.7. The van der Waals surface area contributed by atoms with Crippen LogP contribution in [0.3, 0.4) is 0 Å². The van der Waals surface area contributed by atoms with E-state index >= 15 is 0 Å². The second kappa shape index (κ2) is 8.25. The van der Waals surface area contributed by atoms with Gasteiger partial charge in [-0.25, -0.2) is 0 Å². The molecule has 1 heteroatoms. The molecule has 1 nitrogen and oxygen atoms in total. The molecule has 0 aromatic carbocycles. The molecule has 0 amide bonds. The molecule has 0 spiro atoms. The van der Waals surface area contributed by atoms with Crippen LogP contribution in [0.1, 0.15) is 99.3 Å².